The van der Waals surface area contributed by atoms with Gasteiger partial charge in [-0.3, -0.25) is 0 Å². The van der Waals surface area contributed by atoms with Gasteiger partial charge in [-0.05, 0) is 29.8 Å². The standard InChI is InChI=1S/C12H12FN3/c13-10-4-1-3-9(7-10)8-15-12-6-2-5-11(14)16-12/h1-7H,8H2,(H3,14,15,16). The quantitative estimate of drug-likeness (QED) is 0.830. The van der Waals surface area contributed by atoms with Crippen molar-refractivity contribution in [1.29, 1.82) is 0 Å². The molecule has 0 aliphatic rings. The van der Waals surface area contributed by atoms with Gasteiger partial charge in [0.1, 0.15) is 17.5 Å². The van der Waals surface area contributed by atoms with E-state index in [0.29, 0.717) is 18.2 Å². The maximum Gasteiger partial charge on any atom is 0.128 e. The first-order valence-corrected chi connectivity index (χ1v) is 4.95. The number of rotatable bonds is 3. The molecule has 1 aromatic heterocycles. The molecule has 0 saturated carbocycles. The molecule has 4 heteroatoms. The summed E-state index contributed by atoms with van der Waals surface area (Å²) >= 11 is 0. The van der Waals surface area contributed by atoms with E-state index in [1.807, 2.05) is 18.2 Å². The van der Waals surface area contributed by atoms with Crippen LogP contribution in [0.3, 0.4) is 0 Å². The minimum absolute atomic E-state index is 0.236. The molecule has 16 heavy (non-hydrogen) atoms. The summed E-state index contributed by atoms with van der Waals surface area (Å²) in [6.45, 7) is 0.522. The Kier molecular flexibility index (Phi) is 3.00. The number of nitrogen functional groups attached to an aromatic ring is 1. The summed E-state index contributed by atoms with van der Waals surface area (Å²) in [4.78, 5) is 4.08. The first-order chi connectivity index (χ1) is 7.74. The largest absolute Gasteiger partial charge is 0.384 e. The molecule has 0 amide bonds. The monoisotopic (exact) mass is 217 g/mol. The lowest BCUT2D eigenvalue weighted by atomic mass is 10.2. The summed E-state index contributed by atoms with van der Waals surface area (Å²) in [5.74, 6) is 0.910. The molecule has 1 aromatic carbocycles. The van der Waals surface area contributed by atoms with E-state index in [1.54, 1.807) is 12.1 Å². The molecule has 0 radical (unpaired) electrons. The molecule has 0 aliphatic carbocycles. The minimum atomic E-state index is -0.236. The molecule has 0 spiro atoms. The Bertz CT molecular complexity index is 440. The summed E-state index contributed by atoms with van der Waals surface area (Å²) in [5, 5.41) is 3.07. The second-order valence-corrected chi connectivity index (χ2v) is 3.43. The average molecular weight is 217 g/mol. The fourth-order valence-corrected chi connectivity index (χ4v) is 1.39. The Hall–Kier alpha value is -2.10. The number of hydrogen-bond acceptors (Lipinski definition) is 3. The molecular weight excluding hydrogens is 205 g/mol. The second kappa shape index (κ2) is 4.61. The zero-order valence-electron chi connectivity index (χ0n) is 8.65. The number of nitrogens with two attached hydrogens (primary N) is 1. The SMILES string of the molecule is Nc1cccc(NCc2cccc(F)c2)n1. The first-order valence-electron chi connectivity index (χ1n) is 4.95. The van der Waals surface area contributed by atoms with E-state index in [9.17, 15) is 4.39 Å². The number of halogens is 1. The van der Waals surface area contributed by atoms with Crippen LogP contribution in [-0.4, -0.2) is 4.98 Å². The van der Waals surface area contributed by atoms with Gasteiger partial charge in [0.05, 0.1) is 0 Å². The molecule has 0 atom stereocenters. The molecule has 2 rings (SSSR count). The molecular formula is C12H12FN3. The van der Waals surface area contributed by atoms with E-state index < -0.39 is 0 Å². The van der Waals surface area contributed by atoms with Gasteiger partial charge in [-0.15, -0.1) is 0 Å². The summed E-state index contributed by atoms with van der Waals surface area (Å²) in [5.41, 5.74) is 6.41. The average Bonchev–Trinajstić information content (AvgIpc) is 2.27. The van der Waals surface area contributed by atoms with Crippen molar-refractivity contribution in [1.82, 2.24) is 4.98 Å². The second-order valence-electron chi connectivity index (χ2n) is 3.43. The molecule has 0 fully saturated rings. The highest BCUT2D eigenvalue weighted by Gasteiger charge is 1.97. The van der Waals surface area contributed by atoms with Gasteiger partial charge in [0.15, 0.2) is 0 Å². The minimum Gasteiger partial charge on any atom is -0.384 e. The van der Waals surface area contributed by atoms with Crippen LogP contribution < -0.4 is 11.1 Å². The van der Waals surface area contributed by atoms with E-state index in [1.165, 1.54) is 12.1 Å². The molecule has 82 valence electrons. The molecule has 0 aliphatic heterocycles. The van der Waals surface area contributed by atoms with Crippen LogP contribution >= 0.6 is 0 Å². The van der Waals surface area contributed by atoms with Crippen LogP contribution in [0.25, 0.3) is 0 Å². The van der Waals surface area contributed by atoms with Crippen molar-refractivity contribution >= 4 is 11.6 Å². The van der Waals surface area contributed by atoms with Crippen LogP contribution in [0.4, 0.5) is 16.0 Å². The van der Waals surface area contributed by atoms with Crippen LogP contribution in [0.15, 0.2) is 42.5 Å². The van der Waals surface area contributed by atoms with Crippen LogP contribution in [-0.2, 0) is 6.54 Å². The van der Waals surface area contributed by atoms with Crippen molar-refractivity contribution < 1.29 is 4.39 Å². The first kappa shape index (κ1) is 10.4. The Morgan fingerprint density at radius 2 is 2.00 bits per heavy atom. The normalized spacial score (nSPS) is 10.1. The van der Waals surface area contributed by atoms with Crippen LogP contribution in [0.1, 0.15) is 5.56 Å². The van der Waals surface area contributed by atoms with Gasteiger partial charge in [-0.2, -0.15) is 0 Å². The van der Waals surface area contributed by atoms with Crippen LogP contribution in [0.5, 0.6) is 0 Å². The zero-order chi connectivity index (χ0) is 11.4. The summed E-state index contributed by atoms with van der Waals surface area (Å²) in [6, 6.07) is 11.8. The van der Waals surface area contributed by atoms with Gasteiger partial charge in [-0.25, -0.2) is 9.37 Å². The Morgan fingerprint density at radius 3 is 2.75 bits per heavy atom. The van der Waals surface area contributed by atoms with Crippen molar-refractivity contribution in [2.24, 2.45) is 0 Å². The smallest absolute Gasteiger partial charge is 0.128 e. The predicted octanol–water partition coefficient (Wildman–Crippen LogP) is 2.42. The number of benzene rings is 1. The fraction of sp³-hybridized carbons (Fsp3) is 0.0833. The van der Waals surface area contributed by atoms with Crippen molar-refractivity contribution in [2.45, 2.75) is 6.54 Å². The Balaban J connectivity index is 2.02. The molecule has 3 nitrogen and oxygen atoms in total. The zero-order valence-corrected chi connectivity index (χ0v) is 8.65. The van der Waals surface area contributed by atoms with E-state index >= 15 is 0 Å². The number of hydrogen-bond donors (Lipinski definition) is 2. The van der Waals surface area contributed by atoms with Crippen LogP contribution in [0, 0.1) is 5.82 Å². The molecule has 0 saturated heterocycles. The maximum atomic E-state index is 12.9. The third-order valence-corrected chi connectivity index (χ3v) is 2.13. The number of nitrogens with one attached hydrogen (secondary N) is 1. The highest BCUT2D eigenvalue weighted by Crippen LogP contribution is 2.09. The highest BCUT2D eigenvalue weighted by molar-refractivity contribution is 5.42. The summed E-state index contributed by atoms with van der Waals surface area (Å²) in [7, 11) is 0. The molecule has 0 bridgehead atoms. The lowest BCUT2D eigenvalue weighted by Gasteiger charge is -2.06. The van der Waals surface area contributed by atoms with Gasteiger partial charge < -0.3 is 11.1 Å². The van der Waals surface area contributed by atoms with Gasteiger partial charge in [0.2, 0.25) is 0 Å². The number of pyridine rings is 1. The van der Waals surface area contributed by atoms with Crippen molar-refractivity contribution in [2.75, 3.05) is 11.1 Å². The van der Waals surface area contributed by atoms with Crippen molar-refractivity contribution in [3.8, 4) is 0 Å². The van der Waals surface area contributed by atoms with Gasteiger partial charge in [0.25, 0.3) is 0 Å². The summed E-state index contributed by atoms with van der Waals surface area (Å²) < 4.78 is 12.9. The number of nitrogens with zero attached hydrogens (tertiary/aromatic N) is 1. The third kappa shape index (κ3) is 2.70. The molecule has 3 N–H and O–H groups in total. The van der Waals surface area contributed by atoms with E-state index in [4.69, 9.17) is 5.73 Å². The Labute approximate surface area is 93.1 Å². The molecule has 1 heterocycles. The molecule has 0 unspecified atom stereocenters. The lowest BCUT2D eigenvalue weighted by Crippen LogP contribution is -2.02. The number of anilines is 2. The van der Waals surface area contributed by atoms with E-state index in [0.717, 1.165) is 5.56 Å². The van der Waals surface area contributed by atoms with Gasteiger partial charge >= 0.3 is 0 Å². The topological polar surface area (TPSA) is 50.9 Å². The van der Waals surface area contributed by atoms with Crippen molar-refractivity contribution in [3.63, 3.8) is 0 Å². The number of aromatic nitrogens is 1. The van der Waals surface area contributed by atoms with Gasteiger partial charge in [0, 0.05) is 6.54 Å². The maximum absolute atomic E-state index is 12.9. The third-order valence-electron chi connectivity index (χ3n) is 2.13. The van der Waals surface area contributed by atoms with Gasteiger partial charge in [-0.1, -0.05) is 18.2 Å². The van der Waals surface area contributed by atoms with Crippen molar-refractivity contribution in [3.05, 3.63) is 53.8 Å². The molecule has 2 aromatic rings. The lowest BCUT2D eigenvalue weighted by molar-refractivity contribution is 0.626. The Morgan fingerprint density at radius 1 is 1.19 bits per heavy atom. The summed E-state index contributed by atoms with van der Waals surface area (Å²) in [6.07, 6.45) is 0. The van der Waals surface area contributed by atoms with E-state index in [-0.39, 0.29) is 5.82 Å². The fourth-order valence-electron chi connectivity index (χ4n) is 1.39. The predicted molar refractivity (Wildman–Crippen MR) is 62.4 cm³/mol. The van der Waals surface area contributed by atoms with E-state index in [2.05, 4.69) is 10.3 Å². The van der Waals surface area contributed by atoms with Crippen LogP contribution in [0.2, 0.25) is 0 Å². The highest BCUT2D eigenvalue weighted by atomic mass is 19.1.